The number of halogens is 1. The molecule has 0 aliphatic carbocycles. The largest absolute Gasteiger partial charge is 0.306 e. The third kappa shape index (κ3) is 4.11. The molecule has 0 spiro atoms. The molecule has 0 saturated carbocycles. The van der Waals surface area contributed by atoms with Gasteiger partial charge < -0.3 is 5.32 Å². The number of allylic oxidation sites excluding steroid dienone is 1. The lowest BCUT2D eigenvalue weighted by molar-refractivity contribution is 0.445. The molecule has 1 aromatic rings. The van der Waals surface area contributed by atoms with Crippen LogP contribution in [0, 0.1) is 5.82 Å². The maximum atomic E-state index is 12.8. The fourth-order valence-corrected chi connectivity index (χ4v) is 1.60. The first-order valence-corrected chi connectivity index (χ1v) is 5.62. The Labute approximate surface area is 96.6 Å². The number of nitrogens with one attached hydrogen (secondary N) is 1. The average Bonchev–Trinajstić information content (AvgIpc) is 2.25. The van der Waals surface area contributed by atoms with E-state index in [1.54, 1.807) is 6.07 Å². The third-order valence-electron chi connectivity index (χ3n) is 2.30. The van der Waals surface area contributed by atoms with Crippen molar-refractivity contribution >= 4 is 0 Å². The minimum atomic E-state index is -0.296. The predicted octanol–water partition coefficient (Wildman–Crippen LogP) is 3.23. The van der Waals surface area contributed by atoms with Gasteiger partial charge in [0.15, 0.2) is 0 Å². The molecule has 0 amide bonds. The Morgan fingerprint density at radius 3 is 2.75 bits per heavy atom. The summed E-state index contributed by atoms with van der Waals surface area (Å²) < 4.78 is 12.8. The number of hydrogen-bond donors (Lipinski definition) is 1. The van der Waals surface area contributed by atoms with E-state index >= 15 is 0 Å². The van der Waals surface area contributed by atoms with Crippen molar-refractivity contribution < 1.29 is 4.39 Å². The summed E-state index contributed by atoms with van der Waals surface area (Å²) in [7, 11) is 0. The Balaban J connectivity index is 2.73. The Kier molecular flexibility index (Phi) is 5.12. The van der Waals surface area contributed by atoms with Crippen LogP contribution in [0.3, 0.4) is 0 Å². The Morgan fingerprint density at radius 1 is 1.50 bits per heavy atom. The van der Waals surface area contributed by atoms with Crippen molar-refractivity contribution in [2.75, 3.05) is 0 Å². The maximum Gasteiger partial charge on any atom is 0.141 e. The fraction of sp³-hybridized carbons (Fsp3) is 0.462. The van der Waals surface area contributed by atoms with E-state index in [1.165, 1.54) is 12.3 Å². The summed E-state index contributed by atoms with van der Waals surface area (Å²) in [6, 6.07) is 3.73. The number of nitrogens with zero attached hydrogens (tertiary/aromatic N) is 1. The minimum absolute atomic E-state index is 0.165. The van der Waals surface area contributed by atoms with Crippen LogP contribution in [0.15, 0.2) is 31.0 Å². The second-order valence-electron chi connectivity index (χ2n) is 4.14. The molecule has 0 fully saturated rings. The van der Waals surface area contributed by atoms with E-state index in [4.69, 9.17) is 0 Å². The highest BCUT2D eigenvalue weighted by Gasteiger charge is 2.12. The average molecular weight is 222 g/mol. The van der Waals surface area contributed by atoms with Crippen LogP contribution in [-0.2, 0) is 0 Å². The van der Waals surface area contributed by atoms with Gasteiger partial charge >= 0.3 is 0 Å². The van der Waals surface area contributed by atoms with Crippen molar-refractivity contribution in [3.8, 4) is 0 Å². The lowest BCUT2D eigenvalue weighted by Gasteiger charge is -2.20. The van der Waals surface area contributed by atoms with E-state index in [1.807, 2.05) is 6.08 Å². The van der Waals surface area contributed by atoms with Gasteiger partial charge in [0.2, 0.25) is 0 Å². The van der Waals surface area contributed by atoms with Gasteiger partial charge in [-0.1, -0.05) is 19.9 Å². The smallest absolute Gasteiger partial charge is 0.141 e. The van der Waals surface area contributed by atoms with E-state index in [0.29, 0.717) is 6.04 Å². The summed E-state index contributed by atoms with van der Waals surface area (Å²) >= 11 is 0. The van der Waals surface area contributed by atoms with Crippen molar-refractivity contribution in [1.82, 2.24) is 10.3 Å². The lowest BCUT2D eigenvalue weighted by Crippen LogP contribution is -2.28. The SMILES string of the molecule is C=CCCC(NC(C)C)c1ccc(F)cn1. The monoisotopic (exact) mass is 222 g/mol. The number of hydrogen-bond acceptors (Lipinski definition) is 2. The van der Waals surface area contributed by atoms with Crippen LogP contribution >= 0.6 is 0 Å². The van der Waals surface area contributed by atoms with Gasteiger partial charge in [0, 0.05) is 12.1 Å². The molecule has 2 nitrogen and oxygen atoms in total. The summed E-state index contributed by atoms with van der Waals surface area (Å²) in [5.41, 5.74) is 0.886. The highest BCUT2D eigenvalue weighted by atomic mass is 19.1. The number of pyridine rings is 1. The van der Waals surface area contributed by atoms with Gasteiger partial charge in [0.05, 0.1) is 11.9 Å². The summed E-state index contributed by atoms with van der Waals surface area (Å²) in [5.74, 6) is -0.296. The van der Waals surface area contributed by atoms with Crippen LogP contribution < -0.4 is 5.32 Å². The van der Waals surface area contributed by atoms with E-state index < -0.39 is 0 Å². The molecule has 0 aromatic carbocycles. The molecule has 0 aliphatic rings. The topological polar surface area (TPSA) is 24.9 Å². The quantitative estimate of drug-likeness (QED) is 0.747. The zero-order valence-electron chi connectivity index (χ0n) is 9.91. The van der Waals surface area contributed by atoms with Crippen LogP contribution in [-0.4, -0.2) is 11.0 Å². The fourth-order valence-electron chi connectivity index (χ4n) is 1.60. The molecule has 0 bridgehead atoms. The number of rotatable bonds is 6. The van der Waals surface area contributed by atoms with Crippen LogP contribution in [0.4, 0.5) is 4.39 Å². The first-order chi connectivity index (χ1) is 7.63. The van der Waals surface area contributed by atoms with Gasteiger partial charge in [-0.2, -0.15) is 0 Å². The Hall–Kier alpha value is -1.22. The molecule has 1 N–H and O–H groups in total. The molecular formula is C13H19FN2. The molecule has 88 valence electrons. The molecule has 1 unspecified atom stereocenters. The molecule has 1 heterocycles. The summed E-state index contributed by atoms with van der Waals surface area (Å²) in [4.78, 5) is 4.11. The molecule has 16 heavy (non-hydrogen) atoms. The highest BCUT2D eigenvalue weighted by molar-refractivity contribution is 5.10. The van der Waals surface area contributed by atoms with Gasteiger partial charge in [-0.3, -0.25) is 4.98 Å². The lowest BCUT2D eigenvalue weighted by atomic mass is 10.1. The third-order valence-corrected chi connectivity index (χ3v) is 2.30. The molecule has 1 aromatic heterocycles. The molecule has 3 heteroatoms. The second-order valence-corrected chi connectivity index (χ2v) is 4.14. The zero-order chi connectivity index (χ0) is 12.0. The van der Waals surface area contributed by atoms with Gasteiger partial charge in [-0.05, 0) is 25.0 Å². The summed E-state index contributed by atoms with van der Waals surface area (Å²) in [6.07, 6.45) is 5.00. The van der Waals surface area contributed by atoms with E-state index in [-0.39, 0.29) is 11.9 Å². The maximum absolute atomic E-state index is 12.8. The van der Waals surface area contributed by atoms with Gasteiger partial charge in [0.25, 0.3) is 0 Å². The molecule has 1 rings (SSSR count). The zero-order valence-corrected chi connectivity index (χ0v) is 9.91. The van der Waals surface area contributed by atoms with E-state index in [0.717, 1.165) is 18.5 Å². The van der Waals surface area contributed by atoms with Crippen LogP contribution in [0.2, 0.25) is 0 Å². The first-order valence-electron chi connectivity index (χ1n) is 5.62. The Morgan fingerprint density at radius 2 is 2.25 bits per heavy atom. The van der Waals surface area contributed by atoms with Gasteiger partial charge in [-0.25, -0.2) is 4.39 Å². The van der Waals surface area contributed by atoms with E-state index in [2.05, 4.69) is 30.7 Å². The van der Waals surface area contributed by atoms with Crippen molar-refractivity contribution in [2.45, 2.75) is 38.8 Å². The van der Waals surface area contributed by atoms with Gasteiger partial charge in [0.1, 0.15) is 5.82 Å². The van der Waals surface area contributed by atoms with Crippen molar-refractivity contribution in [3.05, 3.63) is 42.5 Å². The van der Waals surface area contributed by atoms with Crippen molar-refractivity contribution in [3.63, 3.8) is 0 Å². The summed E-state index contributed by atoms with van der Waals surface area (Å²) in [6.45, 7) is 7.89. The number of aromatic nitrogens is 1. The molecular weight excluding hydrogens is 203 g/mol. The first kappa shape index (κ1) is 12.8. The van der Waals surface area contributed by atoms with Crippen LogP contribution in [0.1, 0.15) is 38.4 Å². The molecule has 1 atom stereocenters. The molecule has 0 saturated heterocycles. The van der Waals surface area contributed by atoms with Crippen LogP contribution in [0.5, 0.6) is 0 Å². The van der Waals surface area contributed by atoms with Crippen molar-refractivity contribution in [1.29, 1.82) is 0 Å². The minimum Gasteiger partial charge on any atom is -0.306 e. The standard InChI is InChI=1S/C13H19FN2/c1-4-5-6-13(16-10(2)3)12-8-7-11(14)9-15-12/h4,7-10,13,16H,1,5-6H2,2-3H3. The highest BCUT2D eigenvalue weighted by Crippen LogP contribution is 2.17. The van der Waals surface area contributed by atoms with Crippen molar-refractivity contribution in [2.24, 2.45) is 0 Å². The Bertz CT molecular complexity index is 319. The normalized spacial score (nSPS) is 12.8. The van der Waals surface area contributed by atoms with Gasteiger partial charge in [-0.15, -0.1) is 6.58 Å². The molecule has 0 radical (unpaired) electrons. The molecule has 0 aliphatic heterocycles. The van der Waals surface area contributed by atoms with E-state index in [9.17, 15) is 4.39 Å². The predicted molar refractivity (Wildman–Crippen MR) is 64.6 cm³/mol. The summed E-state index contributed by atoms with van der Waals surface area (Å²) in [5, 5.41) is 3.42. The van der Waals surface area contributed by atoms with Crippen LogP contribution in [0.25, 0.3) is 0 Å². The second kappa shape index (κ2) is 6.38.